The minimum atomic E-state index is -1.29. The lowest BCUT2D eigenvalue weighted by Gasteiger charge is -2.19. The Morgan fingerprint density at radius 3 is 2.73 bits per heavy atom. The Bertz CT molecular complexity index is 717. The second kappa shape index (κ2) is 9.91. The van der Waals surface area contributed by atoms with E-state index in [-0.39, 0.29) is 36.3 Å². The van der Waals surface area contributed by atoms with Gasteiger partial charge in [-0.15, -0.1) is 0 Å². The van der Waals surface area contributed by atoms with Crippen LogP contribution in [0.15, 0.2) is 36.5 Å². The zero-order chi connectivity index (χ0) is 18.9. The van der Waals surface area contributed by atoms with E-state index in [4.69, 9.17) is 21.1 Å². The molecular formula is C17H20ClN3O5. The summed E-state index contributed by atoms with van der Waals surface area (Å²) in [7, 11) is 1.37. The molecule has 0 aliphatic carbocycles. The summed E-state index contributed by atoms with van der Waals surface area (Å²) < 4.78 is 10.1. The zero-order valence-electron chi connectivity index (χ0n) is 14.1. The van der Waals surface area contributed by atoms with E-state index < -0.39 is 18.3 Å². The third kappa shape index (κ3) is 5.83. The number of aliphatic hydroxyl groups excluding tert-OH is 2. The topological polar surface area (TPSA) is 114 Å². The van der Waals surface area contributed by atoms with Crippen molar-refractivity contribution in [3.05, 3.63) is 52.9 Å². The number of carbonyl (C=O) groups excluding carboxylic acids is 1. The second-order valence-electron chi connectivity index (χ2n) is 5.39. The van der Waals surface area contributed by atoms with Crippen molar-refractivity contribution in [1.82, 2.24) is 15.3 Å². The number of alkyl carbamates (subject to hydrolysis) is 1. The summed E-state index contributed by atoms with van der Waals surface area (Å²) in [5.74, 6) is 0.0757. The van der Waals surface area contributed by atoms with Crippen LogP contribution in [-0.4, -0.2) is 46.0 Å². The number of hydrogen-bond acceptors (Lipinski definition) is 7. The molecule has 2 unspecified atom stereocenters. The maximum atomic E-state index is 11.6. The van der Waals surface area contributed by atoms with Crippen molar-refractivity contribution in [1.29, 1.82) is 0 Å². The molecule has 1 heterocycles. The van der Waals surface area contributed by atoms with Gasteiger partial charge in [0.05, 0.1) is 18.8 Å². The molecule has 2 atom stereocenters. The number of amides is 1. The normalized spacial score (nSPS) is 12.9. The average Bonchev–Trinajstić information content (AvgIpc) is 2.66. The number of nitrogens with zero attached hydrogens (tertiary/aromatic N) is 2. The molecule has 0 aliphatic rings. The van der Waals surface area contributed by atoms with Crippen molar-refractivity contribution in [2.45, 2.75) is 25.2 Å². The first-order valence-electron chi connectivity index (χ1n) is 7.88. The minimum Gasteiger partial charge on any atom is -0.481 e. The number of halogens is 1. The molecule has 0 aliphatic heterocycles. The summed E-state index contributed by atoms with van der Waals surface area (Å²) in [6, 6.07) is 9.26. The Hall–Kier alpha value is -2.42. The first-order chi connectivity index (χ1) is 12.5. The highest BCUT2D eigenvalue weighted by Crippen LogP contribution is 2.26. The number of aliphatic hydroxyl groups is 2. The van der Waals surface area contributed by atoms with Gasteiger partial charge in [-0.05, 0) is 23.6 Å². The highest BCUT2D eigenvalue weighted by atomic mass is 35.5. The molecule has 1 amide bonds. The van der Waals surface area contributed by atoms with E-state index in [1.54, 1.807) is 0 Å². The lowest BCUT2D eigenvalue weighted by Crippen LogP contribution is -2.30. The number of nitrogens with one attached hydrogen (secondary N) is 1. The lowest BCUT2D eigenvalue weighted by molar-refractivity contribution is 0.0117. The van der Waals surface area contributed by atoms with Gasteiger partial charge >= 0.3 is 6.09 Å². The molecule has 3 N–H and O–H groups in total. The van der Waals surface area contributed by atoms with Crippen LogP contribution in [0, 0.1) is 0 Å². The van der Waals surface area contributed by atoms with E-state index in [1.807, 2.05) is 30.3 Å². The predicted molar refractivity (Wildman–Crippen MR) is 93.8 cm³/mol. The molecule has 0 spiro atoms. The van der Waals surface area contributed by atoms with Gasteiger partial charge in [-0.2, -0.15) is 4.98 Å². The Labute approximate surface area is 155 Å². The van der Waals surface area contributed by atoms with E-state index in [0.717, 1.165) is 5.56 Å². The van der Waals surface area contributed by atoms with Crippen molar-refractivity contribution in [2.24, 2.45) is 0 Å². The molecule has 0 bridgehead atoms. The smallest absolute Gasteiger partial charge is 0.407 e. The molecular weight excluding hydrogens is 362 g/mol. The largest absolute Gasteiger partial charge is 0.481 e. The molecule has 9 heteroatoms. The van der Waals surface area contributed by atoms with Crippen LogP contribution in [-0.2, 0) is 11.3 Å². The summed E-state index contributed by atoms with van der Waals surface area (Å²) in [5, 5.41) is 22.8. The minimum absolute atomic E-state index is 0.0323. The number of benzene rings is 1. The summed E-state index contributed by atoms with van der Waals surface area (Å²) in [5.41, 5.74) is 1.07. The van der Waals surface area contributed by atoms with E-state index in [1.165, 1.54) is 13.3 Å². The summed E-state index contributed by atoms with van der Waals surface area (Å²) in [6.45, 7) is 0.264. The Morgan fingerprint density at radius 2 is 2.04 bits per heavy atom. The van der Waals surface area contributed by atoms with Crippen LogP contribution in [0.4, 0.5) is 4.79 Å². The van der Waals surface area contributed by atoms with Crippen molar-refractivity contribution in [3.8, 4) is 5.88 Å². The van der Waals surface area contributed by atoms with Crippen LogP contribution >= 0.6 is 11.6 Å². The molecule has 0 saturated carbocycles. The van der Waals surface area contributed by atoms with Crippen LogP contribution in [0.3, 0.4) is 0 Å². The van der Waals surface area contributed by atoms with Gasteiger partial charge in [0.25, 0.3) is 0 Å². The first-order valence-corrected chi connectivity index (χ1v) is 8.26. The summed E-state index contributed by atoms with van der Waals surface area (Å²) >= 11 is 5.66. The van der Waals surface area contributed by atoms with E-state index in [2.05, 4.69) is 15.3 Å². The fourth-order valence-electron chi connectivity index (χ4n) is 2.18. The predicted octanol–water partition coefficient (Wildman–Crippen LogP) is 1.85. The van der Waals surface area contributed by atoms with Crippen molar-refractivity contribution in [3.63, 3.8) is 0 Å². The van der Waals surface area contributed by atoms with Gasteiger partial charge in [0, 0.05) is 12.7 Å². The zero-order valence-corrected chi connectivity index (χ0v) is 14.9. The number of hydrogen-bond donors (Lipinski definition) is 3. The van der Waals surface area contributed by atoms with Gasteiger partial charge in [-0.25, -0.2) is 9.78 Å². The van der Waals surface area contributed by atoms with Crippen molar-refractivity contribution >= 4 is 17.7 Å². The van der Waals surface area contributed by atoms with Crippen LogP contribution < -0.4 is 10.1 Å². The van der Waals surface area contributed by atoms with Crippen molar-refractivity contribution in [2.75, 3.05) is 13.7 Å². The Kier molecular flexibility index (Phi) is 7.58. The number of aromatic nitrogens is 2. The first kappa shape index (κ1) is 19.9. The SMILES string of the molecule is COc1nc(Cl)ncc1C(O)C(O)CCNC(=O)OCc1ccccc1. The van der Waals surface area contributed by atoms with Crippen LogP contribution in [0.5, 0.6) is 5.88 Å². The number of carbonyl (C=O) groups is 1. The molecule has 0 radical (unpaired) electrons. The van der Waals surface area contributed by atoms with Gasteiger partial charge in [-0.3, -0.25) is 0 Å². The van der Waals surface area contributed by atoms with Gasteiger partial charge in [0.15, 0.2) is 0 Å². The molecule has 0 saturated heterocycles. The maximum Gasteiger partial charge on any atom is 0.407 e. The molecule has 0 fully saturated rings. The van der Waals surface area contributed by atoms with Gasteiger partial charge in [0.1, 0.15) is 12.7 Å². The number of methoxy groups -OCH3 is 1. The molecule has 2 rings (SSSR count). The summed E-state index contributed by atoms with van der Waals surface area (Å²) in [4.78, 5) is 19.2. The molecule has 1 aromatic carbocycles. The van der Waals surface area contributed by atoms with Crippen molar-refractivity contribution < 1.29 is 24.5 Å². The van der Waals surface area contributed by atoms with Gasteiger partial charge in [-0.1, -0.05) is 30.3 Å². The highest BCUT2D eigenvalue weighted by molar-refractivity contribution is 6.28. The second-order valence-corrected chi connectivity index (χ2v) is 5.73. The van der Waals surface area contributed by atoms with Crippen LogP contribution in [0.2, 0.25) is 5.28 Å². The Balaban J connectivity index is 1.77. The number of ether oxygens (including phenoxy) is 2. The van der Waals surface area contributed by atoms with E-state index in [9.17, 15) is 15.0 Å². The lowest BCUT2D eigenvalue weighted by atomic mass is 10.0. The van der Waals surface area contributed by atoms with E-state index in [0.29, 0.717) is 0 Å². The molecule has 26 heavy (non-hydrogen) atoms. The fourth-order valence-corrected chi connectivity index (χ4v) is 2.31. The standard InChI is InChI=1S/C17H20ClN3O5/c1-25-15-12(9-20-16(18)21-15)14(23)13(22)7-8-19-17(24)26-10-11-5-3-2-4-6-11/h2-6,9,13-14,22-23H,7-8,10H2,1H3,(H,19,24). The van der Waals surface area contributed by atoms with Gasteiger partial charge in [0.2, 0.25) is 11.2 Å². The average molecular weight is 382 g/mol. The van der Waals surface area contributed by atoms with Crippen LogP contribution in [0.25, 0.3) is 0 Å². The quantitative estimate of drug-likeness (QED) is 0.598. The van der Waals surface area contributed by atoms with Gasteiger partial charge < -0.3 is 25.0 Å². The Morgan fingerprint density at radius 1 is 1.31 bits per heavy atom. The van der Waals surface area contributed by atoms with Crippen LogP contribution in [0.1, 0.15) is 23.7 Å². The third-order valence-corrected chi connectivity index (χ3v) is 3.73. The number of rotatable bonds is 8. The maximum absolute atomic E-state index is 11.6. The summed E-state index contributed by atoms with van der Waals surface area (Å²) in [6.07, 6.45) is -1.69. The monoisotopic (exact) mass is 381 g/mol. The third-order valence-electron chi connectivity index (χ3n) is 3.55. The highest BCUT2D eigenvalue weighted by Gasteiger charge is 2.23. The van der Waals surface area contributed by atoms with E-state index >= 15 is 0 Å². The molecule has 2 aromatic rings. The molecule has 140 valence electrons. The molecule has 1 aromatic heterocycles. The fraction of sp³-hybridized carbons (Fsp3) is 0.353. The molecule has 8 nitrogen and oxygen atoms in total.